The number of hydrogen-bond acceptors (Lipinski definition) is 3. The van der Waals surface area contributed by atoms with Gasteiger partial charge in [0, 0.05) is 0 Å². The summed E-state index contributed by atoms with van der Waals surface area (Å²) < 4.78 is 15.8. The Kier molecular flexibility index (Phi) is 3.74. The lowest BCUT2D eigenvalue weighted by Gasteiger charge is -2.22. The van der Waals surface area contributed by atoms with E-state index in [-0.39, 0.29) is 0 Å². The molecular formula is C13H18O3Si. The SMILES string of the molecule is COC(OC)=C(OC)[SiH2]c1cccc2c1CC2. The fourth-order valence-electron chi connectivity index (χ4n) is 2.20. The van der Waals surface area contributed by atoms with Gasteiger partial charge in [0.15, 0.2) is 5.38 Å². The van der Waals surface area contributed by atoms with Crippen LogP contribution in [0.2, 0.25) is 0 Å². The molecule has 0 aromatic heterocycles. The minimum Gasteiger partial charge on any atom is -0.499 e. The Hall–Kier alpha value is -1.42. The molecule has 1 aromatic rings. The molecule has 1 aliphatic carbocycles. The molecule has 0 amide bonds. The van der Waals surface area contributed by atoms with Crippen molar-refractivity contribution in [3.8, 4) is 0 Å². The fourth-order valence-corrected chi connectivity index (χ4v) is 4.00. The van der Waals surface area contributed by atoms with Crippen LogP contribution < -0.4 is 5.19 Å². The molecule has 0 bridgehead atoms. The molecule has 0 spiro atoms. The van der Waals surface area contributed by atoms with Gasteiger partial charge in [-0.1, -0.05) is 23.4 Å². The highest BCUT2D eigenvalue weighted by Gasteiger charge is 2.19. The van der Waals surface area contributed by atoms with E-state index in [1.54, 1.807) is 21.3 Å². The van der Waals surface area contributed by atoms with Crippen LogP contribution in [-0.4, -0.2) is 30.8 Å². The summed E-state index contributed by atoms with van der Waals surface area (Å²) in [6.07, 6.45) is 2.41. The van der Waals surface area contributed by atoms with Crippen LogP contribution in [0.1, 0.15) is 11.1 Å². The molecule has 3 nitrogen and oxygen atoms in total. The minimum absolute atomic E-state index is 0.510. The Bertz CT molecular complexity index is 434. The van der Waals surface area contributed by atoms with E-state index in [0.29, 0.717) is 5.95 Å². The third kappa shape index (κ3) is 2.31. The average molecular weight is 250 g/mol. The van der Waals surface area contributed by atoms with E-state index < -0.39 is 9.52 Å². The van der Waals surface area contributed by atoms with Gasteiger partial charge < -0.3 is 14.2 Å². The molecular weight excluding hydrogens is 232 g/mol. The standard InChI is InChI=1S/C13H18O3Si/c1-14-12(15-2)13(16-3)17-11-6-4-5-9-7-8-10(9)11/h4-6H,7-8,17H2,1-3H3. The maximum absolute atomic E-state index is 5.41. The van der Waals surface area contributed by atoms with E-state index in [2.05, 4.69) is 18.2 Å². The van der Waals surface area contributed by atoms with Gasteiger partial charge in [-0.05, 0) is 24.0 Å². The maximum atomic E-state index is 5.41. The largest absolute Gasteiger partial charge is 0.499 e. The summed E-state index contributed by atoms with van der Waals surface area (Å²) >= 11 is 0. The first-order valence-electron chi connectivity index (χ1n) is 5.75. The van der Waals surface area contributed by atoms with Crippen LogP contribution in [0.4, 0.5) is 0 Å². The summed E-state index contributed by atoms with van der Waals surface area (Å²) in [5.41, 5.74) is 3.00. The van der Waals surface area contributed by atoms with Crippen molar-refractivity contribution in [1.29, 1.82) is 0 Å². The molecule has 17 heavy (non-hydrogen) atoms. The van der Waals surface area contributed by atoms with Crippen LogP contribution in [0.5, 0.6) is 0 Å². The van der Waals surface area contributed by atoms with Gasteiger partial charge in [0.05, 0.1) is 21.3 Å². The van der Waals surface area contributed by atoms with Crippen molar-refractivity contribution in [1.82, 2.24) is 0 Å². The summed E-state index contributed by atoms with van der Waals surface area (Å²) in [4.78, 5) is 0. The first-order chi connectivity index (χ1) is 8.30. The zero-order chi connectivity index (χ0) is 12.3. The molecule has 1 aromatic carbocycles. The number of aryl methyl sites for hydroxylation is 1. The van der Waals surface area contributed by atoms with E-state index in [4.69, 9.17) is 14.2 Å². The molecule has 0 saturated heterocycles. The Morgan fingerprint density at radius 3 is 2.35 bits per heavy atom. The van der Waals surface area contributed by atoms with Crippen molar-refractivity contribution < 1.29 is 14.2 Å². The highest BCUT2D eigenvalue weighted by Crippen LogP contribution is 2.20. The topological polar surface area (TPSA) is 27.7 Å². The zero-order valence-corrected chi connectivity index (χ0v) is 12.0. The number of fused-ring (bicyclic) bond motifs is 1. The van der Waals surface area contributed by atoms with E-state index in [9.17, 15) is 0 Å². The van der Waals surface area contributed by atoms with E-state index in [1.165, 1.54) is 29.2 Å². The maximum Gasteiger partial charge on any atom is 0.312 e. The van der Waals surface area contributed by atoms with Gasteiger partial charge >= 0.3 is 5.95 Å². The minimum atomic E-state index is -0.659. The van der Waals surface area contributed by atoms with Crippen molar-refractivity contribution in [2.45, 2.75) is 12.8 Å². The monoisotopic (exact) mass is 250 g/mol. The Morgan fingerprint density at radius 2 is 1.82 bits per heavy atom. The van der Waals surface area contributed by atoms with Crippen LogP contribution in [-0.2, 0) is 27.1 Å². The quantitative estimate of drug-likeness (QED) is 0.567. The predicted molar refractivity (Wildman–Crippen MR) is 70.1 cm³/mol. The summed E-state index contributed by atoms with van der Waals surface area (Å²) in [5, 5.41) is 2.31. The molecule has 0 heterocycles. The average Bonchev–Trinajstić information content (AvgIpc) is 2.31. The molecule has 4 heteroatoms. The smallest absolute Gasteiger partial charge is 0.312 e. The number of hydrogen-bond donors (Lipinski definition) is 0. The number of rotatable bonds is 5. The number of benzene rings is 1. The van der Waals surface area contributed by atoms with Crippen molar-refractivity contribution in [2.75, 3.05) is 21.3 Å². The van der Waals surface area contributed by atoms with Gasteiger partial charge in [-0.3, -0.25) is 0 Å². The Balaban J connectivity index is 2.24. The van der Waals surface area contributed by atoms with Crippen LogP contribution in [0.25, 0.3) is 0 Å². The van der Waals surface area contributed by atoms with Crippen LogP contribution in [0, 0.1) is 0 Å². The molecule has 0 aliphatic heterocycles. The first kappa shape index (κ1) is 12.0. The molecule has 0 saturated carbocycles. The van der Waals surface area contributed by atoms with Crippen LogP contribution in [0.3, 0.4) is 0 Å². The lowest BCUT2D eigenvalue weighted by molar-refractivity contribution is 0.0756. The predicted octanol–water partition coefficient (Wildman–Crippen LogP) is 0.645. The van der Waals surface area contributed by atoms with Crippen molar-refractivity contribution >= 4 is 14.7 Å². The Labute approximate surface area is 104 Å². The third-order valence-electron chi connectivity index (χ3n) is 3.21. The van der Waals surface area contributed by atoms with Crippen LogP contribution in [0.15, 0.2) is 29.5 Å². The molecule has 0 N–H and O–H groups in total. The summed E-state index contributed by atoms with van der Waals surface area (Å²) in [5.74, 6) is 0.510. The number of methoxy groups -OCH3 is 3. The highest BCUT2D eigenvalue weighted by atomic mass is 28.2. The summed E-state index contributed by atoms with van der Waals surface area (Å²) in [6, 6.07) is 6.54. The second-order valence-electron chi connectivity index (χ2n) is 4.05. The van der Waals surface area contributed by atoms with Gasteiger partial charge in [0.25, 0.3) is 0 Å². The normalized spacial score (nSPS) is 12.9. The second-order valence-corrected chi connectivity index (χ2v) is 5.81. The second kappa shape index (κ2) is 5.27. The van der Waals surface area contributed by atoms with E-state index >= 15 is 0 Å². The summed E-state index contributed by atoms with van der Waals surface area (Å²) in [6.45, 7) is 0. The van der Waals surface area contributed by atoms with Gasteiger partial charge in [-0.15, -0.1) is 0 Å². The molecule has 2 rings (SSSR count). The van der Waals surface area contributed by atoms with Gasteiger partial charge in [-0.2, -0.15) is 0 Å². The molecule has 0 radical (unpaired) electrons. The van der Waals surface area contributed by atoms with Gasteiger partial charge in [-0.25, -0.2) is 0 Å². The highest BCUT2D eigenvalue weighted by molar-refractivity contribution is 6.61. The van der Waals surface area contributed by atoms with Crippen LogP contribution >= 0.6 is 0 Å². The lowest BCUT2D eigenvalue weighted by atomic mass is 9.89. The molecule has 0 atom stereocenters. The Morgan fingerprint density at radius 1 is 1.06 bits per heavy atom. The fraction of sp³-hybridized carbons (Fsp3) is 0.385. The molecule has 1 aliphatic rings. The number of ether oxygens (including phenoxy) is 3. The van der Waals surface area contributed by atoms with E-state index in [0.717, 1.165) is 5.38 Å². The van der Waals surface area contributed by atoms with Gasteiger partial charge in [0.1, 0.15) is 9.52 Å². The van der Waals surface area contributed by atoms with Crippen molar-refractivity contribution in [3.63, 3.8) is 0 Å². The van der Waals surface area contributed by atoms with Crippen molar-refractivity contribution in [2.24, 2.45) is 0 Å². The molecule has 0 unspecified atom stereocenters. The zero-order valence-electron chi connectivity index (χ0n) is 10.6. The summed E-state index contributed by atoms with van der Waals surface area (Å²) in [7, 11) is 4.23. The molecule has 0 fully saturated rings. The van der Waals surface area contributed by atoms with Crippen molar-refractivity contribution in [3.05, 3.63) is 40.7 Å². The molecule has 92 valence electrons. The first-order valence-corrected chi connectivity index (χ1v) is 7.16. The lowest BCUT2D eigenvalue weighted by Crippen LogP contribution is -2.29. The van der Waals surface area contributed by atoms with E-state index in [1.807, 2.05) is 0 Å². The third-order valence-corrected chi connectivity index (χ3v) is 5.15. The van der Waals surface area contributed by atoms with Gasteiger partial charge in [0.2, 0.25) is 0 Å².